The van der Waals surface area contributed by atoms with Gasteiger partial charge in [-0.3, -0.25) is 4.79 Å². The van der Waals surface area contributed by atoms with Crippen LogP contribution in [0.5, 0.6) is 0 Å². The first-order valence-electron chi connectivity index (χ1n) is 7.97. The molecule has 4 nitrogen and oxygen atoms in total. The van der Waals surface area contributed by atoms with Gasteiger partial charge in [0.05, 0.1) is 11.2 Å². The van der Waals surface area contributed by atoms with Crippen LogP contribution in [0, 0.1) is 6.92 Å². The Labute approximate surface area is 138 Å². The Morgan fingerprint density at radius 2 is 1.74 bits per heavy atom. The highest BCUT2D eigenvalue weighted by molar-refractivity contribution is 6.04. The van der Waals surface area contributed by atoms with Crippen molar-refractivity contribution in [1.82, 2.24) is 9.78 Å². The lowest BCUT2D eigenvalue weighted by atomic mass is 9.92. The van der Waals surface area contributed by atoms with Crippen molar-refractivity contribution in [2.75, 3.05) is 5.32 Å². The molecule has 0 fully saturated rings. The monoisotopic (exact) mass is 313 g/mol. The lowest BCUT2D eigenvalue weighted by Gasteiger charge is -2.23. The lowest BCUT2D eigenvalue weighted by molar-refractivity contribution is 0.102. The first-order valence-corrected chi connectivity index (χ1v) is 7.97. The van der Waals surface area contributed by atoms with Crippen LogP contribution < -0.4 is 5.32 Å². The second kappa shape index (κ2) is 5.84. The maximum Gasteiger partial charge on any atom is 0.256 e. The van der Waals surface area contributed by atoms with Crippen molar-refractivity contribution in [2.45, 2.75) is 59.4 Å². The van der Waals surface area contributed by atoms with E-state index in [-0.39, 0.29) is 16.9 Å². The SMILES string of the molecule is Cc1cccc(C(=O)Nc2cc(C(C)(C)C)nn2C(C)(C)C)c1. The summed E-state index contributed by atoms with van der Waals surface area (Å²) in [6.07, 6.45) is 0. The van der Waals surface area contributed by atoms with Gasteiger partial charge in [0, 0.05) is 17.0 Å². The van der Waals surface area contributed by atoms with E-state index in [4.69, 9.17) is 5.10 Å². The largest absolute Gasteiger partial charge is 0.307 e. The number of hydrogen-bond donors (Lipinski definition) is 1. The van der Waals surface area contributed by atoms with E-state index in [1.807, 2.05) is 41.9 Å². The molecular formula is C19H27N3O. The number of anilines is 1. The average molecular weight is 313 g/mol. The summed E-state index contributed by atoms with van der Waals surface area (Å²) in [4.78, 5) is 12.6. The zero-order chi connectivity index (χ0) is 17.4. The molecule has 124 valence electrons. The maximum absolute atomic E-state index is 12.6. The number of amides is 1. The van der Waals surface area contributed by atoms with Crippen molar-refractivity contribution in [3.8, 4) is 0 Å². The molecule has 0 spiro atoms. The number of hydrogen-bond acceptors (Lipinski definition) is 2. The first kappa shape index (κ1) is 17.3. The molecule has 1 N–H and O–H groups in total. The fraction of sp³-hybridized carbons (Fsp3) is 0.474. The number of benzene rings is 1. The molecule has 4 heteroatoms. The third-order valence-corrected chi connectivity index (χ3v) is 3.64. The number of rotatable bonds is 2. The number of nitrogens with zero attached hydrogens (tertiary/aromatic N) is 2. The molecule has 0 aliphatic rings. The topological polar surface area (TPSA) is 46.9 Å². The molecule has 2 rings (SSSR count). The van der Waals surface area contributed by atoms with E-state index in [1.165, 1.54) is 0 Å². The quantitative estimate of drug-likeness (QED) is 0.887. The van der Waals surface area contributed by atoms with Crippen LogP contribution in [0.1, 0.15) is 63.2 Å². The van der Waals surface area contributed by atoms with Crippen LogP contribution in [0.2, 0.25) is 0 Å². The highest BCUT2D eigenvalue weighted by atomic mass is 16.1. The van der Waals surface area contributed by atoms with Crippen LogP contribution in [0.15, 0.2) is 30.3 Å². The summed E-state index contributed by atoms with van der Waals surface area (Å²) in [5, 5.41) is 7.73. The van der Waals surface area contributed by atoms with E-state index in [0.29, 0.717) is 5.56 Å². The summed E-state index contributed by atoms with van der Waals surface area (Å²) in [5.41, 5.74) is 2.41. The molecule has 0 aliphatic carbocycles. The molecular weight excluding hydrogens is 286 g/mol. The Balaban J connectivity index is 2.39. The van der Waals surface area contributed by atoms with E-state index in [0.717, 1.165) is 17.1 Å². The summed E-state index contributed by atoms with van der Waals surface area (Å²) in [6, 6.07) is 9.56. The van der Waals surface area contributed by atoms with Crippen LogP contribution in [-0.2, 0) is 11.0 Å². The van der Waals surface area contributed by atoms with Gasteiger partial charge in [0.1, 0.15) is 5.82 Å². The number of carbonyl (C=O) groups is 1. The minimum atomic E-state index is -0.210. The van der Waals surface area contributed by atoms with Crippen LogP contribution >= 0.6 is 0 Å². The number of aromatic nitrogens is 2. The van der Waals surface area contributed by atoms with Gasteiger partial charge in [0.15, 0.2) is 0 Å². The highest BCUT2D eigenvalue weighted by Gasteiger charge is 2.25. The van der Waals surface area contributed by atoms with Crippen LogP contribution in [0.3, 0.4) is 0 Å². The predicted molar refractivity (Wildman–Crippen MR) is 95.1 cm³/mol. The molecule has 0 saturated heterocycles. The minimum absolute atomic E-state index is 0.0701. The second-order valence-corrected chi connectivity index (χ2v) is 8.07. The van der Waals surface area contributed by atoms with Gasteiger partial charge < -0.3 is 5.32 Å². The molecule has 0 saturated carbocycles. The predicted octanol–water partition coefficient (Wildman–Crippen LogP) is 4.50. The van der Waals surface area contributed by atoms with Gasteiger partial charge in [0.25, 0.3) is 5.91 Å². The van der Waals surface area contributed by atoms with Crippen LogP contribution in [-0.4, -0.2) is 15.7 Å². The van der Waals surface area contributed by atoms with Crippen molar-refractivity contribution in [2.24, 2.45) is 0 Å². The number of nitrogens with one attached hydrogen (secondary N) is 1. The summed E-state index contributed by atoms with van der Waals surface area (Å²) >= 11 is 0. The van der Waals surface area contributed by atoms with Crippen molar-refractivity contribution < 1.29 is 4.79 Å². The van der Waals surface area contributed by atoms with E-state index in [9.17, 15) is 4.79 Å². The number of carbonyl (C=O) groups excluding carboxylic acids is 1. The van der Waals surface area contributed by atoms with Crippen LogP contribution in [0.25, 0.3) is 0 Å². The standard InChI is InChI=1S/C19H27N3O/c1-13-9-8-10-14(11-13)17(23)20-16-12-15(18(2,3)4)21-22(16)19(5,6)7/h8-12H,1-7H3,(H,20,23). The van der Waals surface area contributed by atoms with E-state index >= 15 is 0 Å². The first-order chi connectivity index (χ1) is 10.5. The van der Waals surface area contributed by atoms with Crippen LogP contribution in [0.4, 0.5) is 5.82 Å². The van der Waals surface area contributed by atoms with Gasteiger partial charge in [-0.2, -0.15) is 5.10 Å². The molecule has 0 radical (unpaired) electrons. The van der Waals surface area contributed by atoms with Gasteiger partial charge in [-0.15, -0.1) is 0 Å². The van der Waals surface area contributed by atoms with Crippen molar-refractivity contribution in [3.05, 3.63) is 47.2 Å². The zero-order valence-electron chi connectivity index (χ0n) is 15.2. The molecule has 0 bridgehead atoms. The zero-order valence-corrected chi connectivity index (χ0v) is 15.2. The third kappa shape index (κ3) is 4.01. The lowest BCUT2D eigenvalue weighted by Crippen LogP contribution is -2.27. The molecule has 1 heterocycles. The molecule has 0 atom stereocenters. The summed E-state index contributed by atoms with van der Waals surface area (Å²) in [5.74, 6) is 0.619. The minimum Gasteiger partial charge on any atom is -0.307 e. The van der Waals surface area contributed by atoms with E-state index in [2.05, 4.69) is 46.9 Å². The van der Waals surface area contributed by atoms with Crippen molar-refractivity contribution >= 4 is 11.7 Å². The Morgan fingerprint density at radius 3 is 2.26 bits per heavy atom. The van der Waals surface area contributed by atoms with Gasteiger partial charge in [-0.1, -0.05) is 38.5 Å². The molecule has 23 heavy (non-hydrogen) atoms. The summed E-state index contributed by atoms with van der Waals surface area (Å²) in [7, 11) is 0. The van der Waals surface area contributed by atoms with Crippen molar-refractivity contribution in [3.63, 3.8) is 0 Å². The Hall–Kier alpha value is -2.10. The number of aryl methyl sites for hydroxylation is 1. The Kier molecular flexibility index (Phi) is 4.38. The summed E-state index contributed by atoms with van der Waals surface area (Å²) < 4.78 is 1.89. The summed E-state index contributed by atoms with van der Waals surface area (Å²) in [6.45, 7) is 14.6. The molecule has 2 aromatic rings. The molecule has 0 unspecified atom stereocenters. The fourth-order valence-electron chi connectivity index (χ4n) is 2.32. The van der Waals surface area contributed by atoms with Gasteiger partial charge in [-0.05, 0) is 39.8 Å². The Bertz CT molecular complexity index is 715. The Morgan fingerprint density at radius 1 is 1.09 bits per heavy atom. The maximum atomic E-state index is 12.6. The molecule has 1 amide bonds. The molecule has 0 aliphatic heterocycles. The third-order valence-electron chi connectivity index (χ3n) is 3.64. The van der Waals surface area contributed by atoms with E-state index in [1.54, 1.807) is 0 Å². The molecule has 1 aromatic carbocycles. The second-order valence-electron chi connectivity index (χ2n) is 8.07. The highest BCUT2D eigenvalue weighted by Crippen LogP contribution is 2.28. The normalized spacial score (nSPS) is 12.3. The van der Waals surface area contributed by atoms with E-state index < -0.39 is 0 Å². The van der Waals surface area contributed by atoms with Gasteiger partial charge in [0.2, 0.25) is 0 Å². The van der Waals surface area contributed by atoms with Gasteiger partial charge >= 0.3 is 0 Å². The van der Waals surface area contributed by atoms with Crippen molar-refractivity contribution in [1.29, 1.82) is 0 Å². The smallest absolute Gasteiger partial charge is 0.256 e. The van der Waals surface area contributed by atoms with Gasteiger partial charge in [-0.25, -0.2) is 4.68 Å². The average Bonchev–Trinajstić information content (AvgIpc) is 2.82. The molecule has 1 aromatic heterocycles. The fourth-order valence-corrected chi connectivity index (χ4v) is 2.32.